The summed E-state index contributed by atoms with van der Waals surface area (Å²) in [6.07, 6.45) is 11.7. The lowest BCUT2D eigenvalue weighted by Gasteiger charge is -2.24. The molecule has 5 N–H and O–H groups in total. The van der Waals surface area contributed by atoms with Crippen molar-refractivity contribution in [3.05, 3.63) is 53.1 Å². The van der Waals surface area contributed by atoms with Crippen LogP contribution in [0.25, 0.3) is 0 Å². The minimum Gasteiger partial charge on any atom is -0.481 e. The molecule has 0 aliphatic heterocycles. The quantitative estimate of drug-likeness (QED) is 0.0665. The average molecular weight is 742 g/mol. The smallest absolute Gasteiger partial charge is 0.220 e. The highest BCUT2D eigenvalue weighted by molar-refractivity contribution is 5.45. The number of pyridine rings is 3. The van der Waals surface area contributed by atoms with Crippen molar-refractivity contribution in [3.8, 4) is 17.6 Å². The van der Waals surface area contributed by atoms with Gasteiger partial charge in [-0.05, 0) is 68.5 Å². The predicted molar refractivity (Wildman–Crippen MR) is 220 cm³/mol. The summed E-state index contributed by atoms with van der Waals surface area (Å²) in [5.74, 6) is 4.39. The predicted octanol–water partition coefficient (Wildman–Crippen LogP) is 7.74. The summed E-state index contributed by atoms with van der Waals surface area (Å²) >= 11 is 0. The van der Waals surface area contributed by atoms with E-state index in [0.29, 0.717) is 29.7 Å². The van der Waals surface area contributed by atoms with Crippen LogP contribution in [0.3, 0.4) is 0 Å². The van der Waals surface area contributed by atoms with E-state index in [1.54, 1.807) is 21.3 Å². The van der Waals surface area contributed by atoms with Gasteiger partial charge in [0.25, 0.3) is 0 Å². The molecule has 0 atom stereocenters. The van der Waals surface area contributed by atoms with Crippen LogP contribution < -0.4 is 35.1 Å². The van der Waals surface area contributed by atoms with Crippen molar-refractivity contribution in [1.82, 2.24) is 15.0 Å². The van der Waals surface area contributed by atoms with Crippen LogP contribution in [0, 0.1) is 0 Å². The number of aliphatic hydroxyl groups excluding tert-OH is 2. The number of aliphatic hydroxyl groups is 2. The maximum Gasteiger partial charge on any atom is 0.220 e. The van der Waals surface area contributed by atoms with Gasteiger partial charge in [-0.2, -0.15) is 15.0 Å². The number of nitrogens with two attached hydrogens (primary N) is 1. The zero-order valence-electron chi connectivity index (χ0n) is 34.1. The van der Waals surface area contributed by atoms with Crippen LogP contribution in [-0.4, -0.2) is 79.2 Å². The molecule has 0 bridgehead atoms. The Morgan fingerprint density at radius 2 is 0.925 bits per heavy atom. The van der Waals surface area contributed by atoms with Gasteiger partial charge in [0.05, 0.1) is 34.5 Å². The highest BCUT2D eigenvalue weighted by atomic mass is 16.5. The number of ether oxygens (including phenoxy) is 3. The fraction of sp³-hybridized carbons (Fsp3) is 0.634. The molecule has 12 heteroatoms. The molecule has 300 valence electrons. The minimum absolute atomic E-state index is 0.0413. The van der Waals surface area contributed by atoms with Gasteiger partial charge in [-0.3, -0.25) is 0 Å². The van der Waals surface area contributed by atoms with Gasteiger partial charge >= 0.3 is 0 Å². The van der Waals surface area contributed by atoms with Gasteiger partial charge in [-0.15, -0.1) is 0 Å². The van der Waals surface area contributed by atoms with E-state index in [4.69, 9.17) is 25.1 Å². The Labute approximate surface area is 320 Å². The SMILES string of the molecule is CCCCN(CCCC)c1ccc(CN)c(OC)n1.CCCCN(CCCC)c1ccc(CO)c(OC)n1.CCCCNc1ccc(CO)c(OC)n1. The molecule has 0 aliphatic carbocycles. The van der Waals surface area contributed by atoms with Gasteiger partial charge < -0.3 is 45.3 Å². The fourth-order valence-electron chi connectivity index (χ4n) is 5.24. The molecule has 0 unspecified atom stereocenters. The Morgan fingerprint density at radius 1 is 0.547 bits per heavy atom. The molecular formula is C41H71N7O5. The second-order valence-electron chi connectivity index (χ2n) is 12.7. The minimum atomic E-state index is -0.0502. The molecule has 0 fully saturated rings. The number of unbranched alkanes of at least 4 members (excludes halogenated alkanes) is 5. The van der Waals surface area contributed by atoms with E-state index < -0.39 is 0 Å². The Hall–Kier alpha value is -3.87. The Bertz CT molecular complexity index is 1280. The number of aromatic nitrogens is 3. The summed E-state index contributed by atoms with van der Waals surface area (Å²) < 4.78 is 15.6. The first kappa shape index (κ1) is 47.2. The molecule has 3 aromatic heterocycles. The molecule has 53 heavy (non-hydrogen) atoms. The van der Waals surface area contributed by atoms with E-state index in [0.717, 1.165) is 87.0 Å². The van der Waals surface area contributed by atoms with Gasteiger partial charge in [0.15, 0.2) is 0 Å². The lowest BCUT2D eigenvalue weighted by molar-refractivity contribution is 0.271. The molecule has 12 nitrogen and oxygen atoms in total. The van der Waals surface area contributed by atoms with Crippen molar-refractivity contribution in [2.24, 2.45) is 5.73 Å². The van der Waals surface area contributed by atoms with E-state index in [1.165, 1.54) is 38.5 Å². The van der Waals surface area contributed by atoms with E-state index in [1.807, 2.05) is 30.3 Å². The van der Waals surface area contributed by atoms with E-state index in [-0.39, 0.29) is 13.2 Å². The monoisotopic (exact) mass is 742 g/mol. The highest BCUT2D eigenvalue weighted by Gasteiger charge is 2.12. The zero-order chi connectivity index (χ0) is 39.3. The van der Waals surface area contributed by atoms with Crippen LogP contribution in [-0.2, 0) is 19.8 Å². The number of hydrogen-bond donors (Lipinski definition) is 4. The molecule has 0 aromatic carbocycles. The molecule has 0 aliphatic rings. The second-order valence-corrected chi connectivity index (χ2v) is 12.7. The summed E-state index contributed by atoms with van der Waals surface area (Å²) in [5, 5.41) is 21.4. The molecule has 0 amide bonds. The number of rotatable bonds is 24. The third-order valence-corrected chi connectivity index (χ3v) is 8.54. The molecule has 0 saturated carbocycles. The number of methoxy groups -OCH3 is 3. The van der Waals surface area contributed by atoms with Gasteiger partial charge in [0.2, 0.25) is 17.6 Å². The van der Waals surface area contributed by atoms with Crippen LogP contribution in [0.15, 0.2) is 36.4 Å². The molecule has 3 aromatic rings. The summed E-state index contributed by atoms with van der Waals surface area (Å²) in [5.41, 5.74) is 8.08. The topological polar surface area (TPSA) is 151 Å². The van der Waals surface area contributed by atoms with E-state index in [2.05, 4.69) is 70.8 Å². The summed E-state index contributed by atoms with van der Waals surface area (Å²) in [6.45, 7) is 16.4. The number of hydrogen-bond acceptors (Lipinski definition) is 12. The van der Waals surface area contributed by atoms with Crippen LogP contribution >= 0.6 is 0 Å². The summed E-state index contributed by atoms with van der Waals surface area (Å²) in [7, 11) is 4.79. The maximum absolute atomic E-state index is 9.23. The van der Waals surface area contributed by atoms with Crippen LogP contribution in [0.4, 0.5) is 17.5 Å². The lowest BCUT2D eigenvalue weighted by Crippen LogP contribution is -2.26. The van der Waals surface area contributed by atoms with Crippen molar-refractivity contribution in [2.45, 2.75) is 119 Å². The summed E-state index contributed by atoms with van der Waals surface area (Å²) in [4.78, 5) is 18.0. The van der Waals surface area contributed by atoms with Gasteiger partial charge in [-0.1, -0.05) is 66.7 Å². The van der Waals surface area contributed by atoms with Gasteiger partial charge in [0.1, 0.15) is 17.5 Å². The van der Waals surface area contributed by atoms with Crippen LogP contribution in [0.2, 0.25) is 0 Å². The Balaban J connectivity index is 0.000000401. The first-order chi connectivity index (χ1) is 25.8. The first-order valence-electron chi connectivity index (χ1n) is 19.6. The molecule has 0 radical (unpaired) electrons. The van der Waals surface area contributed by atoms with Gasteiger partial charge in [-0.25, -0.2) is 0 Å². The third-order valence-electron chi connectivity index (χ3n) is 8.54. The third kappa shape index (κ3) is 17.7. The van der Waals surface area contributed by atoms with Crippen molar-refractivity contribution < 1.29 is 24.4 Å². The number of anilines is 3. The zero-order valence-corrected chi connectivity index (χ0v) is 34.1. The largest absolute Gasteiger partial charge is 0.481 e. The maximum atomic E-state index is 9.23. The molecule has 3 heterocycles. The first-order valence-corrected chi connectivity index (χ1v) is 19.6. The lowest BCUT2D eigenvalue weighted by atomic mass is 10.2. The van der Waals surface area contributed by atoms with E-state index in [9.17, 15) is 5.11 Å². The molecule has 3 rings (SSSR count). The highest BCUT2D eigenvalue weighted by Crippen LogP contribution is 2.23. The normalized spacial score (nSPS) is 10.4. The molecule has 0 spiro atoms. The van der Waals surface area contributed by atoms with Crippen LogP contribution in [0.5, 0.6) is 17.6 Å². The van der Waals surface area contributed by atoms with Crippen molar-refractivity contribution >= 4 is 17.5 Å². The Morgan fingerprint density at radius 3 is 1.30 bits per heavy atom. The fourth-order valence-corrected chi connectivity index (χ4v) is 5.24. The summed E-state index contributed by atoms with van der Waals surface area (Å²) in [6, 6.07) is 11.6. The van der Waals surface area contributed by atoms with Crippen molar-refractivity contribution in [3.63, 3.8) is 0 Å². The van der Waals surface area contributed by atoms with Crippen molar-refractivity contribution in [2.75, 3.05) is 69.2 Å². The van der Waals surface area contributed by atoms with Crippen molar-refractivity contribution in [1.29, 1.82) is 0 Å². The molecule has 0 saturated heterocycles. The molecular weight excluding hydrogens is 670 g/mol. The van der Waals surface area contributed by atoms with Crippen LogP contribution in [0.1, 0.15) is 116 Å². The Kier molecular flexibility index (Phi) is 26.3. The van der Waals surface area contributed by atoms with E-state index >= 15 is 0 Å². The average Bonchev–Trinajstić information content (AvgIpc) is 3.20. The van der Waals surface area contributed by atoms with Gasteiger partial charge in [0, 0.05) is 56.0 Å². The number of nitrogens with one attached hydrogen (secondary N) is 1. The number of nitrogens with zero attached hydrogens (tertiary/aromatic N) is 5. The second kappa shape index (κ2) is 29.6. The standard InChI is InChI=1S/C15H27N3O.C15H26N2O2.C11H18N2O2/c1-4-6-10-18(11-7-5-2)14-9-8-13(12-16)15(17-14)19-3;1-4-6-10-17(11-7-5-2)14-9-8-13(12-18)15(16-14)19-3;1-3-4-7-12-10-6-5-9(8-14)11(13-10)15-2/h8-9H,4-7,10-12,16H2,1-3H3;8-9,18H,4-7,10-12H2,1-3H3;5-6,14H,3-4,7-8H2,1-2H3,(H,12,13).